The van der Waals surface area contributed by atoms with Crippen LogP contribution in [-0.2, 0) is 19.1 Å². The number of ether oxygens (including phenoxy) is 3. The van der Waals surface area contributed by atoms with Crippen LogP contribution in [0.15, 0.2) is 18.2 Å². The molecule has 0 aliphatic carbocycles. The number of fused-ring (bicyclic) bond motifs is 1. The van der Waals surface area contributed by atoms with E-state index in [1.54, 1.807) is 18.3 Å². The normalized spacial score (nSPS) is 15.8. The summed E-state index contributed by atoms with van der Waals surface area (Å²) in [5, 5.41) is 0.974. The largest absolute Gasteiger partial charge is 0.479 e. The van der Waals surface area contributed by atoms with Gasteiger partial charge >= 0.3 is 5.97 Å². The average molecular weight is 419 g/mol. The molecule has 1 aromatic heterocycles. The maximum Gasteiger partial charge on any atom is 0.326 e. The zero-order chi connectivity index (χ0) is 21.0. The fourth-order valence-corrected chi connectivity index (χ4v) is 3.99. The Hall–Kier alpha value is -2.45. The van der Waals surface area contributed by atoms with Crippen LogP contribution in [0.2, 0.25) is 0 Å². The van der Waals surface area contributed by atoms with Crippen molar-refractivity contribution < 1.29 is 23.8 Å². The summed E-state index contributed by atoms with van der Waals surface area (Å²) in [5.41, 5.74) is 2.30. The lowest BCUT2D eigenvalue weighted by Crippen LogP contribution is -2.47. The van der Waals surface area contributed by atoms with E-state index in [2.05, 4.69) is 4.98 Å². The Kier molecular flexibility index (Phi) is 6.87. The SMILES string of the molecule is CCCOCCOC(=O)CN1C(=O)C(C)Oc2ccc(-c3nc(C)sc3C)cc21. The highest BCUT2D eigenvalue weighted by Gasteiger charge is 2.33. The lowest BCUT2D eigenvalue weighted by atomic mass is 10.1. The minimum absolute atomic E-state index is 0.164. The molecular formula is C21H26N2O5S. The van der Waals surface area contributed by atoms with Gasteiger partial charge in [-0.3, -0.25) is 14.5 Å². The summed E-state index contributed by atoms with van der Waals surface area (Å²) in [7, 11) is 0. The van der Waals surface area contributed by atoms with E-state index in [-0.39, 0.29) is 19.1 Å². The van der Waals surface area contributed by atoms with Crippen LogP contribution in [-0.4, -0.2) is 49.3 Å². The molecule has 0 radical (unpaired) electrons. The molecule has 1 amide bonds. The number of hydrogen-bond acceptors (Lipinski definition) is 7. The Morgan fingerprint density at radius 2 is 2.07 bits per heavy atom. The Labute approximate surface area is 174 Å². The van der Waals surface area contributed by atoms with Gasteiger partial charge in [0.1, 0.15) is 18.9 Å². The smallest absolute Gasteiger partial charge is 0.326 e. The van der Waals surface area contributed by atoms with Gasteiger partial charge in [0.25, 0.3) is 5.91 Å². The van der Waals surface area contributed by atoms with Crippen molar-refractivity contribution in [3.63, 3.8) is 0 Å². The van der Waals surface area contributed by atoms with Crippen molar-refractivity contribution in [3.05, 3.63) is 28.1 Å². The fraction of sp³-hybridized carbons (Fsp3) is 0.476. The average Bonchev–Trinajstić information content (AvgIpc) is 3.03. The summed E-state index contributed by atoms with van der Waals surface area (Å²) < 4.78 is 16.3. The maximum atomic E-state index is 12.7. The molecule has 7 nitrogen and oxygen atoms in total. The number of rotatable bonds is 8. The van der Waals surface area contributed by atoms with E-state index < -0.39 is 12.1 Å². The first-order chi connectivity index (χ1) is 13.9. The first kappa shape index (κ1) is 21.3. The molecule has 156 valence electrons. The van der Waals surface area contributed by atoms with Gasteiger partial charge in [0.05, 0.1) is 23.0 Å². The molecule has 1 aliphatic heterocycles. The number of aryl methyl sites for hydroxylation is 2. The van der Waals surface area contributed by atoms with Gasteiger partial charge in [0, 0.05) is 17.0 Å². The zero-order valence-corrected chi connectivity index (χ0v) is 18.0. The number of carbonyl (C=O) groups excluding carboxylic acids is 2. The van der Waals surface area contributed by atoms with Crippen LogP contribution >= 0.6 is 11.3 Å². The van der Waals surface area contributed by atoms with E-state index in [1.807, 2.05) is 39.0 Å². The second-order valence-electron chi connectivity index (χ2n) is 6.84. The number of amides is 1. The fourth-order valence-electron chi connectivity index (χ4n) is 3.15. The molecule has 1 atom stereocenters. The van der Waals surface area contributed by atoms with Gasteiger partial charge in [-0.15, -0.1) is 11.3 Å². The topological polar surface area (TPSA) is 78.0 Å². The van der Waals surface area contributed by atoms with E-state index in [4.69, 9.17) is 14.2 Å². The first-order valence-electron chi connectivity index (χ1n) is 9.70. The number of esters is 1. The van der Waals surface area contributed by atoms with Crippen molar-refractivity contribution >= 4 is 28.9 Å². The second-order valence-corrected chi connectivity index (χ2v) is 8.24. The highest BCUT2D eigenvalue weighted by Crippen LogP contribution is 2.38. The first-order valence-corrected chi connectivity index (χ1v) is 10.5. The van der Waals surface area contributed by atoms with Crippen LogP contribution in [0.25, 0.3) is 11.3 Å². The van der Waals surface area contributed by atoms with E-state index in [9.17, 15) is 9.59 Å². The van der Waals surface area contributed by atoms with Crippen LogP contribution in [0.1, 0.15) is 30.2 Å². The number of nitrogens with zero attached hydrogens (tertiary/aromatic N) is 2. The third-order valence-corrected chi connectivity index (χ3v) is 5.36. The Morgan fingerprint density at radius 3 is 2.76 bits per heavy atom. The molecule has 1 aliphatic rings. The van der Waals surface area contributed by atoms with Crippen LogP contribution in [0.4, 0.5) is 5.69 Å². The molecule has 1 aromatic carbocycles. The molecule has 29 heavy (non-hydrogen) atoms. The molecule has 8 heteroatoms. The van der Waals surface area contributed by atoms with Gasteiger partial charge in [-0.2, -0.15) is 0 Å². The molecule has 2 heterocycles. The summed E-state index contributed by atoms with van der Waals surface area (Å²) in [6, 6.07) is 5.58. The van der Waals surface area contributed by atoms with Gasteiger partial charge in [0.2, 0.25) is 0 Å². The number of thiazole rings is 1. The molecule has 0 N–H and O–H groups in total. The Bertz CT molecular complexity index is 895. The lowest BCUT2D eigenvalue weighted by molar-refractivity contribution is -0.144. The minimum atomic E-state index is -0.669. The predicted molar refractivity (Wildman–Crippen MR) is 112 cm³/mol. The number of aromatic nitrogens is 1. The van der Waals surface area contributed by atoms with Gasteiger partial charge in [-0.25, -0.2) is 4.98 Å². The summed E-state index contributed by atoms with van der Waals surface area (Å²) in [4.78, 5) is 32.1. The molecule has 1 unspecified atom stereocenters. The predicted octanol–water partition coefficient (Wildman–Crippen LogP) is 3.51. The van der Waals surface area contributed by atoms with E-state index in [1.165, 1.54) is 4.90 Å². The molecule has 2 aromatic rings. The summed E-state index contributed by atoms with van der Waals surface area (Å²) >= 11 is 1.62. The van der Waals surface area contributed by atoms with Crippen LogP contribution < -0.4 is 9.64 Å². The van der Waals surface area contributed by atoms with Crippen molar-refractivity contribution in [1.82, 2.24) is 4.98 Å². The van der Waals surface area contributed by atoms with Crippen molar-refractivity contribution in [3.8, 4) is 17.0 Å². The van der Waals surface area contributed by atoms with E-state index in [0.29, 0.717) is 24.7 Å². The number of benzene rings is 1. The molecule has 3 rings (SSSR count). The van der Waals surface area contributed by atoms with Crippen molar-refractivity contribution in [1.29, 1.82) is 0 Å². The van der Waals surface area contributed by atoms with Crippen molar-refractivity contribution in [2.24, 2.45) is 0 Å². The molecular weight excluding hydrogens is 392 g/mol. The quantitative estimate of drug-likeness (QED) is 0.482. The van der Waals surface area contributed by atoms with E-state index >= 15 is 0 Å². The highest BCUT2D eigenvalue weighted by atomic mass is 32.1. The standard InChI is InChI=1S/C21H26N2O5S/c1-5-8-26-9-10-27-19(24)12-23-17-11-16(20-14(3)29-15(4)22-20)6-7-18(17)28-13(2)21(23)25/h6-7,11,13H,5,8-10,12H2,1-4H3. The lowest BCUT2D eigenvalue weighted by Gasteiger charge is -2.32. The molecule has 0 fully saturated rings. The van der Waals surface area contributed by atoms with Gasteiger partial charge in [0.15, 0.2) is 6.10 Å². The second kappa shape index (κ2) is 9.37. The monoisotopic (exact) mass is 418 g/mol. The number of hydrogen-bond donors (Lipinski definition) is 0. The third-order valence-electron chi connectivity index (χ3n) is 4.47. The van der Waals surface area contributed by atoms with Crippen molar-refractivity contribution in [2.75, 3.05) is 31.3 Å². The molecule has 0 saturated carbocycles. The van der Waals surface area contributed by atoms with Crippen LogP contribution in [0.3, 0.4) is 0 Å². The highest BCUT2D eigenvalue weighted by molar-refractivity contribution is 7.11. The van der Waals surface area contributed by atoms with E-state index in [0.717, 1.165) is 27.6 Å². The third kappa shape index (κ3) is 4.94. The summed E-state index contributed by atoms with van der Waals surface area (Å²) in [5.74, 6) is -0.200. The van der Waals surface area contributed by atoms with Crippen LogP contribution in [0, 0.1) is 13.8 Å². The molecule has 0 spiro atoms. The van der Waals surface area contributed by atoms with Crippen LogP contribution in [0.5, 0.6) is 5.75 Å². The Morgan fingerprint density at radius 1 is 1.28 bits per heavy atom. The van der Waals surface area contributed by atoms with Gasteiger partial charge in [-0.05, 0) is 45.4 Å². The Balaban J connectivity index is 1.79. The summed E-state index contributed by atoms with van der Waals surface area (Å²) in [6.07, 6.45) is 0.239. The molecule has 0 saturated heterocycles. The minimum Gasteiger partial charge on any atom is -0.479 e. The number of carbonyl (C=O) groups is 2. The maximum absolute atomic E-state index is 12.7. The van der Waals surface area contributed by atoms with Gasteiger partial charge in [-0.1, -0.05) is 6.92 Å². The number of anilines is 1. The summed E-state index contributed by atoms with van der Waals surface area (Å²) in [6.45, 7) is 8.61. The van der Waals surface area contributed by atoms with Crippen molar-refractivity contribution in [2.45, 2.75) is 40.2 Å². The zero-order valence-electron chi connectivity index (χ0n) is 17.2. The molecule has 0 bridgehead atoms. The van der Waals surface area contributed by atoms with Gasteiger partial charge < -0.3 is 14.2 Å².